The molecule has 1 fully saturated rings. The van der Waals surface area contributed by atoms with Crippen LogP contribution in [0.1, 0.15) is 45.2 Å². The molecule has 1 saturated carbocycles. The second kappa shape index (κ2) is 6.36. The molecule has 2 heterocycles. The molecule has 3 rings (SSSR count). The van der Waals surface area contributed by atoms with Crippen LogP contribution in [-0.2, 0) is 6.54 Å². The second-order valence-corrected chi connectivity index (χ2v) is 7.13. The number of nitrogens with zero attached hydrogens (tertiary/aromatic N) is 3. The Labute approximate surface area is 131 Å². The number of anilines is 1. The third kappa shape index (κ3) is 2.94. The molecule has 1 aliphatic carbocycles. The largest absolute Gasteiger partial charge is 0.355 e. The van der Waals surface area contributed by atoms with Crippen LogP contribution in [0.25, 0.3) is 4.96 Å². The number of aromatic nitrogens is 2. The lowest BCUT2D eigenvalue weighted by molar-refractivity contribution is 0.335. The highest BCUT2D eigenvalue weighted by Crippen LogP contribution is 2.32. The number of nitrogens with one attached hydrogen (secondary N) is 1. The molecule has 0 amide bonds. The van der Waals surface area contributed by atoms with Gasteiger partial charge in [-0.25, -0.2) is 4.98 Å². The Morgan fingerprint density at radius 2 is 2.33 bits per heavy atom. The minimum absolute atomic E-state index is 0.638. The minimum Gasteiger partial charge on any atom is -0.355 e. The average molecular weight is 306 g/mol. The van der Waals surface area contributed by atoms with Gasteiger partial charge in [0.05, 0.1) is 5.69 Å². The molecule has 0 bridgehead atoms. The molecule has 21 heavy (non-hydrogen) atoms. The Hall–Kier alpha value is -1.07. The van der Waals surface area contributed by atoms with Gasteiger partial charge in [0.2, 0.25) is 0 Å². The number of rotatable bonds is 5. The summed E-state index contributed by atoms with van der Waals surface area (Å²) in [7, 11) is 2.23. The van der Waals surface area contributed by atoms with Crippen LogP contribution in [0.2, 0.25) is 0 Å². The maximum atomic E-state index is 4.89. The molecule has 5 heteroatoms. The average Bonchev–Trinajstić information content (AvgIpc) is 3.05. The molecule has 2 atom stereocenters. The standard InChI is InChI=1S/C16H26N4S/c1-4-17-11-14-15(18-16-20(14)8-9-21-16)19(3)13-7-5-6-12(2)10-13/h8-9,12-13,17H,4-7,10-11H2,1-3H3. The lowest BCUT2D eigenvalue weighted by Crippen LogP contribution is -2.36. The molecule has 0 aliphatic heterocycles. The molecule has 0 spiro atoms. The summed E-state index contributed by atoms with van der Waals surface area (Å²) >= 11 is 1.72. The molecule has 0 saturated heterocycles. The van der Waals surface area contributed by atoms with Gasteiger partial charge >= 0.3 is 0 Å². The highest BCUT2D eigenvalue weighted by molar-refractivity contribution is 7.15. The van der Waals surface area contributed by atoms with Gasteiger partial charge in [0, 0.05) is 31.2 Å². The van der Waals surface area contributed by atoms with Gasteiger partial charge in [-0.3, -0.25) is 4.40 Å². The summed E-state index contributed by atoms with van der Waals surface area (Å²) in [6, 6.07) is 0.638. The molecule has 2 aromatic rings. The van der Waals surface area contributed by atoms with E-state index in [0.29, 0.717) is 6.04 Å². The summed E-state index contributed by atoms with van der Waals surface area (Å²) in [6.07, 6.45) is 7.46. The number of hydrogen-bond donors (Lipinski definition) is 1. The van der Waals surface area contributed by atoms with Gasteiger partial charge in [0.1, 0.15) is 0 Å². The first kappa shape index (κ1) is 14.9. The van der Waals surface area contributed by atoms with Gasteiger partial charge in [-0.2, -0.15) is 0 Å². The van der Waals surface area contributed by atoms with E-state index in [1.165, 1.54) is 37.2 Å². The van der Waals surface area contributed by atoms with E-state index in [-0.39, 0.29) is 0 Å². The third-order valence-electron chi connectivity index (χ3n) is 4.67. The summed E-state index contributed by atoms with van der Waals surface area (Å²) in [5.74, 6) is 2.01. The topological polar surface area (TPSA) is 32.6 Å². The van der Waals surface area contributed by atoms with E-state index in [4.69, 9.17) is 4.98 Å². The van der Waals surface area contributed by atoms with E-state index in [1.807, 2.05) is 0 Å². The van der Waals surface area contributed by atoms with Gasteiger partial charge in [0.25, 0.3) is 0 Å². The lowest BCUT2D eigenvalue weighted by atomic mass is 9.86. The monoisotopic (exact) mass is 306 g/mol. The fraction of sp³-hybridized carbons (Fsp3) is 0.688. The number of fused-ring (bicyclic) bond motifs is 1. The number of hydrogen-bond acceptors (Lipinski definition) is 4. The molecule has 116 valence electrons. The van der Waals surface area contributed by atoms with Gasteiger partial charge in [-0.1, -0.05) is 26.7 Å². The van der Waals surface area contributed by atoms with Crippen molar-refractivity contribution < 1.29 is 0 Å². The normalized spacial score (nSPS) is 22.8. The van der Waals surface area contributed by atoms with E-state index >= 15 is 0 Å². The van der Waals surface area contributed by atoms with E-state index in [0.717, 1.165) is 24.0 Å². The van der Waals surface area contributed by atoms with E-state index in [2.05, 4.69) is 47.1 Å². The Kier molecular flexibility index (Phi) is 4.50. The zero-order chi connectivity index (χ0) is 14.8. The quantitative estimate of drug-likeness (QED) is 0.917. The van der Waals surface area contributed by atoms with E-state index in [9.17, 15) is 0 Å². The first-order valence-electron chi connectivity index (χ1n) is 8.08. The lowest BCUT2D eigenvalue weighted by Gasteiger charge is -2.34. The van der Waals surface area contributed by atoms with Crippen LogP contribution in [0.5, 0.6) is 0 Å². The van der Waals surface area contributed by atoms with Crippen molar-refractivity contribution in [1.82, 2.24) is 14.7 Å². The smallest absolute Gasteiger partial charge is 0.195 e. The number of imidazole rings is 1. The molecular formula is C16H26N4S. The van der Waals surface area contributed by atoms with Crippen molar-refractivity contribution in [3.63, 3.8) is 0 Å². The van der Waals surface area contributed by atoms with Crippen molar-refractivity contribution in [3.05, 3.63) is 17.3 Å². The second-order valence-electron chi connectivity index (χ2n) is 6.25. The maximum absolute atomic E-state index is 4.89. The predicted molar refractivity (Wildman–Crippen MR) is 90.3 cm³/mol. The van der Waals surface area contributed by atoms with E-state index in [1.54, 1.807) is 11.3 Å². The van der Waals surface area contributed by atoms with E-state index < -0.39 is 0 Å². The predicted octanol–water partition coefficient (Wildman–Crippen LogP) is 3.52. The Morgan fingerprint density at radius 1 is 1.48 bits per heavy atom. The van der Waals surface area contributed by atoms with Crippen molar-refractivity contribution in [2.45, 2.75) is 52.1 Å². The third-order valence-corrected chi connectivity index (χ3v) is 5.43. The van der Waals surface area contributed by atoms with Gasteiger partial charge in [-0.15, -0.1) is 11.3 Å². The van der Waals surface area contributed by atoms with Gasteiger partial charge in [-0.05, 0) is 25.3 Å². The van der Waals surface area contributed by atoms with Crippen molar-refractivity contribution in [1.29, 1.82) is 0 Å². The van der Waals surface area contributed by atoms with Crippen molar-refractivity contribution >= 4 is 22.1 Å². The number of thiazole rings is 1. The van der Waals surface area contributed by atoms with Crippen LogP contribution < -0.4 is 10.2 Å². The molecule has 1 aliphatic rings. The zero-order valence-corrected chi connectivity index (χ0v) is 14.1. The molecular weight excluding hydrogens is 280 g/mol. The van der Waals surface area contributed by atoms with Crippen LogP contribution in [0.3, 0.4) is 0 Å². The first-order valence-corrected chi connectivity index (χ1v) is 8.96. The summed E-state index contributed by atoms with van der Waals surface area (Å²) in [5.41, 5.74) is 1.30. The zero-order valence-electron chi connectivity index (χ0n) is 13.3. The van der Waals surface area contributed by atoms with Crippen molar-refractivity contribution in [2.75, 3.05) is 18.5 Å². The summed E-state index contributed by atoms with van der Waals surface area (Å²) in [4.78, 5) is 8.43. The van der Waals surface area contributed by atoms with Crippen LogP contribution in [0.15, 0.2) is 11.6 Å². The Morgan fingerprint density at radius 3 is 3.10 bits per heavy atom. The first-order chi connectivity index (χ1) is 10.2. The summed E-state index contributed by atoms with van der Waals surface area (Å²) in [6.45, 7) is 6.40. The fourth-order valence-electron chi connectivity index (χ4n) is 3.44. The molecule has 2 aromatic heterocycles. The van der Waals surface area contributed by atoms with Crippen LogP contribution in [0.4, 0.5) is 5.82 Å². The Bertz CT molecular complexity index is 588. The molecule has 2 unspecified atom stereocenters. The van der Waals surface area contributed by atoms with Crippen molar-refractivity contribution in [3.8, 4) is 0 Å². The SMILES string of the molecule is CCNCc1c(N(C)C2CCCC(C)C2)nc2sccn12. The fourth-order valence-corrected chi connectivity index (χ4v) is 4.17. The molecule has 0 radical (unpaired) electrons. The minimum atomic E-state index is 0.638. The molecule has 4 nitrogen and oxygen atoms in total. The maximum Gasteiger partial charge on any atom is 0.195 e. The Balaban J connectivity index is 1.88. The summed E-state index contributed by atoms with van der Waals surface area (Å²) < 4.78 is 2.24. The summed E-state index contributed by atoms with van der Waals surface area (Å²) in [5, 5.41) is 5.57. The van der Waals surface area contributed by atoms with Crippen LogP contribution in [-0.4, -0.2) is 29.0 Å². The van der Waals surface area contributed by atoms with Crippen molar-refractivity contribution in [2.24, 2.45) is 5.92 Å². The van der Waals surface area contributed by atoms with Gasteiger partial charge < -0.3 is 10.2 Å². The van der Waals surface area contributed by atoms with Gasteiger partial charge in [0.15, 0.2) is 10.8 Å². The highest BCUT2D eigenvalue weighted by atomic mass is 32.1. The van der Waals surface area contributed by atoms with Crippen LogP contribution in [0, 0.1) is 5.92 Å². The molecule has 0 aromatic carbocycles. The van der Waals surface area contributed by atoms with Crippen LogP contribution >= 0.6 is 11.3 Å². The highest BCUT2D eigenvalue weighted by Gasteiger charge is 2.26. The molecule has 1 N–H and O–H groups in total.